The van der Waals surface area contributed by atoms with Crippen LogP contribution in [0.25, 0.3) is 0 Å². The van der Waals surface area contributed by atoms with Gasteiger partial charge in [-0.1, -0.05) is 0 Å². The number of amides is 1. The van der Waals surface area contributed by atoms with Crippen molar-refractivity contribution in [3.05, 3.63) is 40.2 Å². The molecule has 30 heavy (non-hydrogen) atoms. The molecule has 4 heterocycles. The Morgan fingerprint density at radius 1 is 1.23 bits per heavy atom. The first-order chi connectivity index (χ1) is 14.2. The van der Waals surface area contributed by atoms with Crippen molar-refractivity contribution in [2.45, 2.75) is 25.2 Å². The lowest BCUT2D eigenvalue weighted by atomic mass is 10.1. The first kappa shape index (κ1) is 22.0. The molecule has 2 aliphatic rings. The summed E-state index contributed by atoms with van der Waals surface area (Å²) in [7, 11) is 0. The fraction of sp³-hybridized carbons (Fsp3) is 0.444. The van der Waals surface area contributed by atoms with Crippen LogP contribution in [0.4, 0.5) is 19.0 Å². The number of carboxylic acid groups (broad SMARTS) is 1. The van der Waals surface area contributed by atoms with Crippen LogP contribution in [-0.4, -0.2) is 76.6 Å². The molecule has 2 atom stereocenters. The number of ether oxygens (including phenoxy) is 1. The minimum Gasteiger partial charge on any atom is -0.475 e. The summed E-state index contributed by atoms with van der Waals surface area (Å²) in [6, 6.07) is 5.98. The number of fused-ring (bicyclic) bond motifs is 1. The van der Waals surface area contributed by atoms with Gasteiger partial charge in [0.05, 0.1) is 30.0 Å². The number of morpholine rings is 1. The van der Waals surface area contributed by atoms with Crippen molar-refractivity contribution in [2.24, 2.45) is 0 Å². The van der Waals surface area contributed by atoms with E-state index in [1.54, 1.807) is 11.3 Å². The molecule has 0 unspecified atom stereocenters. The molecule has 0 aliphatic carbocycles. The van der Waals surface area contributed by atoms with E-state index >= 15 is 0 Å². The van der Waals surface area contributed by atoms with Crippen molar-refractivity contribution in [3.63, 3.8) is 0 Å². The zero-order valence-electron chi connectivity index (χ0n) is 15.9. The van der Waals surface area contributed by atoms with Gasteiger partial charge in [-0.15, -0.1) is 5.10 Å². The molecule has 1 amide bonds. The van der Waals surface area contributed by atoms with Gasteiger partial charge in [0.1, 0.15) is 0 Å². The van der Waals surface area contributed by atoms with Crippen LogP contribution in [0.2, 0.25) is 0 Å². The summed E-state index contributed by atoms with van der Waals surface area (Å²) in [5.74, 6) is -1.81. The van der Waals surface area contributed by atoms with Crippen LogP contribution < -0.4 is 4.90 Å². The number of anilines is 1. The van der Waals surface area contributed by atoms with E-state index in [4.69, 9.17) is 14.6 Å². The monoisotopic (exact) mass is 444 g/mol. The molecule has 0 saturated carbocycles. The van der Waals surface area contributed by atoms with E-state index in [1.165, 1.54) is 0 Å². The Kier molecular flexibility index (Phi) is 6.56. The molecule has 2 aromatic heterocycles. The second-order valence-electron chi connectivity index (χ2n) is 6.73. The number of aliphatic carboxylic acids is 1. The molecule has 1 N–H and O–H groups in total. The molecular formula is C18H19F3N4O4S. The third-order valence-electron chi connectivity index (χ3n) is 4.68. The van der Waals surface area contributed by atoms with Gasteiger partial charge in [0.15, 0.2) is 5.82 Å². The highest BCUT2D eigenvalue weighted by atomic mass is 32.1. The highest BCUT2D eigenvalue weighted by molar-refractivity contribution is 7.08. The summed E-state index contributed by atoms with van der Waals surface area (Å²) in [5, 5.41) is 19.4. The lowest BCUT2D eigenvalue weighted by Crippen LogP contribution is -2.51. The highest BCUT2D eigenvalue weighted by Crippen LogP contribution is 2.27. The fourth-order valence-corrected chi connectivity index (χ4v) is 3.88. The summed E-state index contributed by atoms with van der Waals surface area (Å²) < 4.78 is 37.6. The molecular weight excluding hydrogens is 425 g/mol. The largest absolute Gasteiger partial charge is 0.490 e. The second kappa shape index (κ2) is 8.96. The summed E-state index contributed by atoms with van der Waals surface area (Å²) in [6.45, 7) is 4.65. The Morgan fingerprint density at radius 2 is 1.97 bits per heavy atom. The van der Waals surface area contributed by atoms with Gasteiger partial charge in [-0.25, -0.2) is 4.79 Å². The third kappa shape index (κ3) is 5.05. The van der Waals surface area contributed by atoms with Gasteiger partial charge in [-0.05, 0) is 30.5 Å². The Labute approximate surface area is 173 Å². The lowest BCUT2D eigenvalue weighted by Gasteiger charge is -2.37. The molecule has 162 valence electrons. The number of aromatic nitrogens is 2. The van der Waals surface area contributed by atoms with E-state index in [0.29, 0.717) is 19.7 Å². The molecule has 0 aromatic carbocycles. The number of carboxylic acids is 1. The minimum absolute atomic E-state index is 0.0365. The van der Waals surface area contributed by atoms with Crippen LogP contribution in [0, 0.1) is 6.92 Å². The van der Waals surface area contributed by atoms with Crippen LogP contribution in [0.1, 0.15) is 16.1 Å². The van der Waals surface area contributed by atoms with E-state index in [1.807, 2.05) is 40.8 Å². The maximum absolute atomic E-state index is 12.6. The number of carbonyl (C=O) groups excluding carboxylic acids is 1. The molecule has 0 radical (unpaired) electrons. The van der Waals surface area contributed by atoms with Gasteiger partial charge in [0, 0.05) is 25.0 Å². The molecule has 2 aromatic rings. The number of hydrogen-bond acceptors (Lipinski definition) is 7. The van der Waals surface area contributed by atoms with Gasteiger partial charge in [-0.2, -0.15) is 29.6 Å². The zero-order chi connectivity index (χ0) is 21.9. The van der Waals surface area contributed by atoms with Gasteiger partial charge in [-0.3, -0.25) is 4.79 Å². The average Bonchev–Trinajstić information content (AvgIpc) is 3.37. The van der Waals surface area contributed by atoms with Crippen LogP contribution in [-0.2, 0) is 9.53 Å². The predicted octanol–water partition coefficient (Wildman–Crippen LogP) is 2.21. The number of likely N-dealkylation sites (tertiary alicyclic amines) is 1. The molecule has 2 saturated heterocycles. The number of halogens is 3. The first-order valence-corrected chi connectivity index (χ1v) is 9.91. The molecule has 2 aliphatic heterocycles. The van der Waals surface area contributed by atoms with Crippen molar-refractivity contribution in [1.29, 1.82) is 0 Å². The predicted molar refractivity (Wildman–Crippen MR) is 102 cm³/mol. The summed E-state index contributed by atoms with van der Waals surface area (Å²) in [6.07, 6.45) is -5.05. The van der Waals surface area contributed by atoms with Crippen molar-refractivity contribution < 1.29 is 32.6 Å². The molecule has 2 fully saturated rings. The minimum atomic E-state index is -5.08. The molecule has 4 rings (SSSR count). The maximum atomic E-state index is 12.6. The Bertz CT molecular complexity index is 877. The topological polar surface area (TPSA) is 95.9 Å². The van der Waals surface area contributed by atoms with Gasteiger partial charge >= 0.3 is 12.1 Å². The first-order valence-electron chi connectivity index (χ1n) is 8.97. The van der Waals surface area contributed by atoms with Crippen LogP contribution in [0.5, 0.6) is 0 Å². The van der Waals surface area contributed by atoms with Crippen molar-refractivity contribution in [2.75, 3.05) is 31.1 Å². The van der Waals surface area contributed by atoms with Gasteiger partial charge < -0.3 is 19.6 Å². The fourth-order valence-electron chi connectivity index (χ4n) is 3.25. The number of aryl methyl sites for hydroxylation is 1. The third-order valence-corrected chi connectivity index (χ3v) is 5.36. The van der Waals surface area contributed by atoms with E-state index in [-0.39, 0.29) is 18.1 Å². The van der Waals surface area contributed by atoms with E-state index in [0.717, 1.165) is 23.6 Å². The number of hydrogen-bond donors (Lipinski definition) is 1. The maximum Gasteiger partial charge on any atom is 0.490 e. The van der Waals surface area contributed by atoms with Gasteiger partial charge in [0.2, 0.25) is 0 Å². The molecule has 8 nitrogen and oxygen atoms in total. The van der Waals surface area contributed by atoms with Crippen LogP contribution in [0.3, 0.4) is 0 Å². The number of alkyl halides is 3. The molecule has 0 spiro atoms. The Balaban J connectivity index is 0.000000318. The Morgan fingerprint density at radius 3 is 2.53 bits per heavy atom. The smallest absolute Gasteiger partial charge is 0.475 e. The van der Waals surface area contributed by atoms with Crippen molar-refractivity contribution in [1.82, 2.24) is 15.1 Å². The summed E-state index contributed by atoms with van der Waals surface area (Å²) in [4.78, 5) is 25.6. The Hall–Kier alpha value is -2.73. The van der Waals surface area contributed by atoms with Gasteiger partial charge in [0.25, 0.3) is 5.91 Å². The number of nitrogens with zero attached hydrogens (tertiary/aromatic N) is 4. The van der Waals surface area contributed by atoms with E-state index in [9.17, 15) is 18.0 Å². The van der Waals surface area contributed by atoms with Crippen LogP contribution in [0.15, 0.2) is 29.0 Å². The van der Waals surface area contributed by atoms with E-state index < -0.39 is 12.1 Å². The summed E-state index contributed by atoms with van der Waals surface area (Å²) >= 11 is 1.54. The highest BCUT2D eigenvalue weighted by Gasteiger charge is 2.42. The average molecular weight is 444 g/mol. The summed E-state index contributed by atoms with van der Waals surface area (Å²) in [5.41, 5.74) is 1.66. The zero-order valence-corrected chi connectivity index (χ0v) is 16.7. The quantitative estimate of drug-likeness (QED) is 0.759. The number of rotatable bonds is 2. The number of carbonyl (C=O) groups is 2. The van der Waals surface area contributed by atoms with E-state index in [2.05, 4.69) is 15.1 Å². The molecule has 0 bridgehead atoms. The van der Waals surface area contributed by atoms with Crippen molar-refractivity contribution in [3.8, 4) is 0 Å². The van der Waals surface area contributed by atoms with Crippen LogP contribution >= 0.6 is 11.3 Å². The normalized spacial score (nSPS) is 20.9. The lowest BCUT2D eigenvalue weighted by molar-refractivity contribution is -0.192. The second-order valence-corrected chi connectivity index (χ2v) is 7.51. The molecule has 12 heteroatoms. The SMILES string of the molecule is Cc1ccc(N2CCO[C@H]3CN(C(=O)c4ccsc4)C[C@H]32)nn1.O=C(O)C(F)(F)F. The van der Waals surface area contributed by atoms with Crippen molar-refractivity contribution >= 4 is 29.0 Å². The standard InChI is InChI=1S/C16H18N4O2S.C2HF3O2/c1-11-2-3-15(18-17-11)20-5-6-22-14-9-19(8-13(14)20)16(21)12-4-7-23-10-12;3-2(4,5)1(6)7/h2-4,7,10,13-14H,5-6,8-9H2,1H3;(H,6,7)/t13-,14+;/m1./s1. The number of thiophene rings is 1.